The first kappa shape index (κ1) is 23.1. The maximum Gasteiger partial charge on any atom is 0.263 e. The van der Waals surface area contributed by atoms with Crippen LogP contribution in [-0.4, -0.2) is 68.5 Å². The normalized spacial score (nSPS) is 18.5. The van der Waals surface area contributed by atoms with Crippen molar-refractivity contribution in [1.82, 2.24) is 14.1 Å². The number of piperazine rings is 1. The van der Waals surface area contributed by atoms with Crippen LogP contribution in [0.2, 0.25) is 0 Å². The number of benzene rings is 2. The fraction of sp³-hybridized carbons (Fsp3) is 0.278. The third kappa shape index (κ3) is 5.19. The van der Waals surface area contributed by atoms with Crippen molar-refractivity contribution in [3.8, 4) is 11.5 Å². The van der Waals surface area contributed by atoms with Gasteiger partial charge < -0.3 is 4.74 Å². The van der Waals surface area contributed by atoms with Crippen molar-refractivity contribution in [2.45, 2.75) is 10.9 Å². The Morgan fingerprint density at radius 2 is 1.58 bits per heavy atom. The lowest BCUT2D eigenvalue weighted by molar-refractivity contribution is -0.134. The zero-order valence-electron chi connectivity index (χ0n) is 16.3. The maximum absolute atomic E-state index is 13.1. The van der Waals surface area contributed by atoms with Gasteiger partial charge in [-0.15, -0.1) is 0 Å². The number of amides is 1. The third-order valence-corrected chi connectivity index (χ3v) is 7.85. The fourth-order valence-electron chi connectivity index (χ4n) is 3.07. The molecule has 0 saturated carbocycles. The molecule has 1 saturated heterocycles. The number of nitrogens with zero attached hydrogens (tertiary/aromatic N) is 2. The molecule has 3 rings (SSSR count). The average Bonchev–Trinajstić information content (AvgIpc) is 2.74. The molecule has 0 unspecified atom stereocenters. The van der Waals surface area contributed by atoms with Crippen LogP contribution in [-0.2, 0) is 24.8 Å². The van der Waals surface area contributed by atoms with Gasteiger partial charge in [-0.25, -0.2) is 26.7 Å². The van der Waals surface area contributed by atoms with Crippen LogP contribution < -0.4 is 10.2 Å². The molecule has 1 aliphatic rings. The summed E-state index contributed by atoms with van der Waals surface area (Å²) in [7, 11) is -7.86. The second-order valence-electron chi connectivity index (χ2n) is 6.76. The average molecular weight is 474 g/mol. The molecule has 1 amide bonds. The summed E-state index contributed by atoms with van der Waals surface area (Å²) in [6, 6.07) is 9.14. The number of sulfonamides is 2. The Morgan fingerprint density at radius 3 is 2.10 bits per heavy atom. The van der Waals surface area contributed by atoms with E-state index in [1.807, 2.05) is 0 Å². The van der Waals surface area contributed by atoms with E-state index in [1.54, 1.807) is 0 Å². The number of halogens is 1. The Labute approximate surface area is 178 Å². The quantitative estimate of drug-likeness (QED) is 0.467. The van der Waals surface area contributed by atoms with E-state index in [4.69, 9.17) is 9.94 Å². The lowest BCUT2D eigenvalue weighted by Crippen LogP contribution is -2.60. The molecule has 10 nitrogen and oxygen atoms in total. The first-order valence-corrected chi connectivity index (χ1v) is 12.3. The minimum Gasteiger partial charge on any atom is -0.457 e. The van der Waals surface area contributed by atoms with Crippen LogP contribution in [0.25, 0.3) is 0 Å². The number of hydrogen-bond donors (Lipinski definition) is 2. The minimum absolute atomic E-state index is 0.140. The highest BCUT2D eigenvalue weighted by Gasteiger charge is 2.42. The number of hydrogen-bond acceptors (Lipinski definition) is 7. The summed E-state index contributed by atoms with van der Waals surface area (Å²) in [6.07, 6.45) is 0.949. The molecule has 0 radical (unpaired) electrons. The summed E-state index contributed by atoms with van der Waals surface area (Å²) in [5.41, 5.74) is 1.39. The van der Waals surface area contributed by atoms with Gasteiger partial charge in [-0.3, -0.25) is 10.0 Å². The van der Waals surface area contributed by atoms with E-state index in [2.05, 4.69) is 0 Å². The summed E-state index contributed by atoms with van der Waals surface area (Å²) >= 11 is 0. The van der Waals surface area contributed by atoms with Crippen molar-refractivity contribution in [1.29, 1.82) is 0 Å². The highest BCUT2D eigenvalue weighted by Crippen LogP contribution is 2.27. The van der Waals surface area contributed by atoms with Gasteiger partial charge in [0.1, 0.15) is 23.4 Å². The van der Waals surface area contributed by atoms with Crippen LogP contribution in [0.4, 0.5) is 4.39 Å². The van der Waals surface area contributed by atoms with E-state index in [9.17, 15) is 26.0 Å². The molecule has 1 atom stereocenters. The first-order valence-electron chi connectivity index (χ1n) is 8.97. The highest BCUT2D eigenvalue weighted by molar-refractivity contribution is 7.89. The van der Waals surface area contributed by atoms with Gasteiger partial charge in [0.25, 0.3) is 5.91 Å². The Morgan fingerprint density at radius 1 is 1.03 bits per heavy atom. The maximum atomic E-state index is 13.1. The molecule has 1 heterocycles. The van der Waals surface area contributed by atoms with E-state index < -0.39 is 44.4 Å². The second kappa shape index (κ2) is 8.88. The van der Waals surface area contributed by atoms with Crippen LogP contribution >= 0.6 is 0 Å². The standard InChI is InChI=1S/C18H20FN3O7S2/c1-30(25,26)21-10-11-22(17(12-21)18(23)20-24)31(27,28)16-8-6-15(7-9-16)29-14-4-2-13(19)3-5-14/h2-9,17,24H,10-12H2,1H3,(H,20,23)/t17-/m1/s1. The fourth-order valence-corrected chi connectivity index (χ4v) is 5.47. The van der Waals surface area contributed by atoms with Crippen LogP contribution in [0.3, 0.4) is 0 Å². The number of ether oxygens (including phenoxy) is 1. The lowest BCUT2D eigenvalue weighted by Gasteiger charge is -2.38. The number of carbonyl (C=O) groups excluding carboxylic acids is 1. The molecular weight excluding hydrogens is 453 g/mol. The topological polar surface area (TPSA) is 133 Å². The van der Waals surface area contributed by atoms with E-state index in [-0.39, 0.29) is 18.0 Å². The smallest absolute Gasteiger partial charge is 0.263 e. The van der Waals surface area contributed by atoms with Crippen LogP contribution in [0.1, 0.15) is 0 Å². The Balaban J connectivity index is 1.83. The molecule has 31 heavy (non-hydrogen) atoms. The first-order chi connectivity index (χ1) is 14.5. The van der Waals surface area contributed by atoms with E-state index in [0.717, 1.165) is 14.9 Å². The molecule has 168 valence electrons. The highest BCUT2D eigenvalue weighted by atomic mass is 32.2. The van der Waals surface area contributed by atoms with E-state index in [1.165, 1.54) is 54.0 Å². The molecule has 0 bridgehead atoms. The number of nitrogens with one attached hydrogen (secondary N) is 1. The molecule has 0 aliphatic carbocycles. The van der Waals surface area contributed by atoms with Gasteiger partial charge in [0.05, 0.1) is 11.2 Å². The summed E-state index contributed by atoms with van der Waals surface area (Å²) in [5.74, 6) is -0.815. The van der Waals surface area contributed by atoms with Crippen molar-refractivity contribution in [2.24, 2.45) is 0 Å². The minimum atomic E-state index is -4.20. The zero-order chi connectivity index (χ0) is 22.8. The van der Waals surface area contributed by atoms with Gasteiger partial charge in [-0.2, -0.15) is 8.61 Å². The third-order valence-electron chi connectivity index (χ3n) is 4.66. The zero-order valence-corrected chi connectivity index (χ0v) is 17.9. The van der Waals surface area contributed by atoms with Gasteiger partial charge in [0, 0.05) is 19.6 Å². The number of rotatable bonds is 6. The molecule has 1 fully saturated rings. The van der Waals surface area contributed by atoms with Gasteiger partial charge in [-0.1, -0.05) is 0 Å². The monoisotopic (exact) mass is 473 g/mol. The van der Waals surface area contributed by atoms with Gasteiger partial charge in [0.2, 0.25) is 20.0 Å². The number of hydroxylamine groups is 1. The predicted molar refractivity (Wildman–Crippen MR) is 107 cm³/mol. The summed E-state index contributed by atoms with van der Waals surface area (Å²) < 4.78 is 70.1. The van der Waals surface area contributed by atoms with Gasteiger partial charge >= 0.3 is 0 Å². The molecule has 2 aromatic rings. The summed E-state index contributed by atoms with van der Waals surface area (Å²) in [6.45, 7) is -0.851. The number of carbonyl (C=O) groups is 1. The molecule has 0 spiro atoms. The van der Waals surface area contributed by atoms with Crippen molar-refractivity contribution in [3.05, 3.63) is 54.3 Å². The lowest BCUT2D eigenvalue weighted by atomic mass is 10.2. The Hall–Kier alpha value is -2.58. The molecule has 0 aromatic heterocycles. The second-order valence-corrected chi connectivity index (χ2v) is 10.6. The van der Waals surface area contributed by atoms with E-state index >= 15 is 0 Å². The van der Waals surface area contributed by atoms with Gasteiger partial charge in [0.15, 0.2) is 0 Å². The van der Waals surface area contributed by atoms with Gasteiger partial charge in [-0.05, 0) is 48.5 Å². The van der Waals surface area contributed by atoms with Crippen molar-refractivity contribution in [3.63, 3.8) is 0 Å². The van der Waals surface area contributed by atoms with Crippen molar-refractivity contribution < 1.29 is 36.0 Å². The van der Waals surface area contributed by atoms with E-state index in [0.29, 0.717) is 11.5 Å². The summed E-state index contributed by atoms with van der Waals surface area (Å²) in [5, 5.41) is 8.99. The molecule has 1 aliphatic heterocycles. The SMILES string of the molecule is CS(=O)(=O)N1CCN(S(=O)(=O)c2ccc(Oc3ccc(F)cc3)cc2)[C@@H](C(=O)NO)C1. The largest absolute Gasteiger partial charge is 0.457 e. The molecule has 13 heteroatoms. The molecule has 2 N–H and O–H groups in total. The molecular formula is C18H20FN3O7S2. The Bertz CT molecular complexity index is 1150. The van der Waals surface area contributed by atoms with Crippen LogP contribution in [0, 0.1) is 5.82 Å². The Kier molecular flexibility index (Phi) is 6.62. The van der Waals surface area contributed by atoms with Crippen LogP contribution in [0.5, 0.6) is 11.5 Å². The van der Waals surface area contributed by atoms with Crippen molar-refractivity contribution in [2.75, 3.05) is 25.9 Å². The van der Waals surface area contributed by atoms with Crippen LogP contribution in [0.15, 0.2) is 53.4 Å². The molecule has 2 aromatic carbocycles. The van der Waals surface area contributed by atoms with Crippen molar-refractivity contribution >= 4 is 26.0 Å². The summed E-state index contributed by atoms with van der Waals surface area (Å²) in [4.78, 5) is 11.9. The predicted octanol–water partition coefficient (Wildman–Crippen LogP) is 0.758.